The van der Waals surface area contributed by atoms with Crippen LogP contribution in [0.3, 0.4) is 0 Å². The van der Waals surface area contributed by atoms with Crippen LogP contribution in [0.2, 0.25) is 0 Å². The summed E-state index contributed by atoms with van der Waals surface area (Å²) in [5.74, 6) is 0.527. The van der Waals surface area contributed by atoms with Crippen LogP contribution in [0.1, 0.15) is 69.0 Å². The summed E-state index contributed by atoms with van der Waals surface area (Å²) < 4.78 is 7.87. The van der Waals surface area contributed by atoms with Crippen LogP contribution >= 0.6 is 0 Å². The van der Waals surface area contributed by atoms with E-state index < -0.39 is 18.2 Å². The molecule has 3 atom stereocenters. The maximum Gasteiger partial charge on any atom is 0.408 e. The number of ether oxygens (including phenoxy) is 1. The molecule has 6 aromatic rings. The smallest absolute Gasteiger partial charge is 0.408 e. The molecule has 2 amide bonds. The number of amides is 2. The SMILES string of the molecule is Cn1nc(C(=O)NCc2ccc(CNC[C@H](O)c3ccc(O)c4[nH]c(=O)ccc34)cc2)cc1COc1cccc([C@H](c2ccccc2)N(C(=O)O)[C@H]2CN3CCC2CC3)c1. The van der Waals surface area contributed by atoms with Gasteiger partial charge in [0.15, 0.2) is 5.69 Å². The number of aliphatic hydroxyl groups excluding tert-OH is 1. The van der Waals surface area contributed by atoms with Crippen molar-refractivity contribution in [1.82, 2.24) is 35.2 Å². The maximum atomic E-state index is 13.2. The number of aliphatic hydroxyl groups is 1. The lowest BCUT2D eigenvalue weighted by molar-refractivity contribution is -0.000814. The number of H-pyrrole nitrogens is 1. The van der Waals surface area contributed by atoms with Crippen molar-refractivity contribution in [1.29, 1.82) is 0 Å². The van der Waals surface area contributed by atoms with Gasteiger partial charge in [0.1, 0.15) is 18.1 Å². The molecule has 14 nitrogen and oxygen atoms in total. The third kappa shape index (κ3) is 8.90. The fourth-order valence-corrected chi connectivity index (χ4v) is 8.59. The number of hydrogen-bond acceptors (Lipinski definition) is 9. The number of pyridine rings is 1. The van der Waals surface area contributed by atoms with Gasteiger partial charge >= 0.3 is 6.09 Å². The number of benzene rings is 4. The topological polar surface area (TPSA) is 185 Å². The highest BCUT2D eigenvalue weighted by Crippen LogP contribution is 2.39. The van der Waals surface area contributed by atoms with E-state index in [1.807, 2.05) is 78.9 Å². The van der Waals surface area contributed by atoms with Gasteiger partial charge in [0.25, 0.3) is 5.91 Å². The first-order chi connectivity index (χ1) is 29.1. The Morgan fingerprint density at radius 3 is 2.37 bits per heavy atom. The van der Waals surface area contributed by atoms with Gasteiger partial charge in [-0.2, -0.15) is 5.10 Å². The molecule has 4 aromatic carbocycles. The van der Waals surface area contributed by atoms with E-state index in [1.165, 1.54) is 12.1 Å². The van der Waals surface area contributed by atoms with Crippen molar-refractivity contribution in [2.24, 2.45) is 13.0 Å². The summed E-state index contributed by atoms with van der Waals surface area (Å²) in [6, 6.07) is 32.3. The first-order valence-corrected chi connectivity index (χ1v) is 20.2. The Hall–Kier alpha value is -6.48. The number of phenols is 1. The lowest BCUT2D eigenvalue weighted by Gasteiger charge is -2.50. The van der Waals surface area contributed by atoms with Crippen LogP contribution in [-0.4, -0.2) is 84.1 Å². The summed E-state index contributed by atoms with van der Waals surface area (Å²) in [6.07, 6.45) is 0.196. The largest absolute Gasteiger partial charge is 0.506 e. The zero-order valence-electron chi connectivity index (χ0n) is 33.3. The number of aryl methyl sites for hydroxylation is 1. The van der Waals surface area contributed by atoms with Gasteiger partial charge in [-0.3, -0.25) is 19.2 Å². The van der Waals surface area contributed by atoms with Crippen LogP contribution in [-0.2, 0) is 26.7 Å². The lowest BCUT2D eigenvalue weighted by atomic mass is 9.81. The first kappa shape index (κ1) is 40.3. The van der Waals surface area contributed by atoms with Crippen LogP contribution in [0.15, 0.2) is 114 Å². The number of fused-ring (bicyclic) bond motifs is 4. The fraction of sp³-hybridized carbons (Fsp3) is 0.304. The Morgan fingerprint density at radius 1 is 0.917 bits per heavy atom. The quantitative estimate of drug-likeness (QED) is 0.0778. The molecule has 3 saturated heterocycles. The molecule has 0 aliphatic carbocycles. The van der Waals surface area contributed by atoms with Gasteiger partial charge < -0.3 is 40.6 Å². The Kier molecular flexibility index (Phi) is 12.0. The summed E-state index contributed by atoms with van der Waals surface area (Å²) in [4.78, 5) is 44.6. The van der Waals surface area contributed by atoms with Crippen molar-refractivity contribution in [3.8, 4) is 11.5 Å². The van der Waals surface area contributed by atoms with E-state index in [9.17, 15) is 29.7 Å². The van der Waals surface area contributed by atoms with Crippen molar-refractivity contribution >= 4 is 22.9 Å². The summed E-state index contributed by atoms with van der Waals surface area (Å²) >= 11 is 0. The Labute approximate surface area is 347 Å². The number of piperidine rings is 3. The van der Waals surface area contributed by atoms with Crippen LogP contribution in [0, 0.1) is 5.92 Å². The highest BCUT2D eigenvalue weighted by atomic mass is 16.5. The third-order valence-electron chi connectivity index (χ3n) is 11.8. The van der Waals surface area contributed by atoms with E-state index >= 15 is 0 Å². The van der Waals surface area contributed by atoms with Crippen molar-refractivity contribution in [2.75, 3.05) is 26.2 Å². The van der Waals surface area contributed by atoms with E-state index in [1.54, 1.807) is 34.8 Å². The number of hydrogen-bond donors (Lipinski definition) is 6. The predicted molar refractivity (Wildman–Crippen MR) is 226 cm³/mol. The molecule has 60 heavy (non-hydrogen) atoms. The number of aromatic hydroxyl groups is 1. The predicted octanol–water partition coefficient (Wildman–Crippen LogP) is 5.46. The molecule has 14 heteroatoms. The molecule has 2 bridgehead atoms. The molecule has 2 aromatic heterocycles. The molecule has 3 aliphatic rings. The van der Waals surface area contributed by atoms with Crippen LogP contribution in [0.4, 0.5) is 4.79 Å². The number of carbonyl (C=O) groups is 2. The highest BCUT2D eigenvalue weighted by Gasteiger charge is 2.43. The van der Waals surface area contributed by atoms with Crippen LogP contribution in [0.25, 0.3) is 10.9 Å². The third-order valence-corrected chi connectivity index (χ3v) is 11.8. The number of phenolic OH excluding ortho intramolecular Hbond substituents is 1. The first-order valence-electron chi connectivity index (χ1n) is 20.2. The molecule has 0 saturated carbocycles. The zero-order valence-corrected chi connectivity index (χ0v) is 33.3. The van der Waals surface area contributed by atoms with Crippen LogP contribution in [0.5, 0.6) is 11.5 Å². The van der Waals surface area contributed by atoms with E-state index in [-0.39, 0.29) is 47.6 Å². The molecule has 310 valence electrons. The molecule has 0 radical (unpaired) electrons. The molecule has 3 aliphatic heterocycles. The average molecular weight is 812 g/mol. The van der Waals surface area contributed by atoms with E-state index in [0.717, 1.165) is 54.7 Å². The summed E-state index contributed by atoms with van der Waals surface area (Å²) in [7, 11) is 1.76. The van der Waals surface area contributed by atoms with Gasteiger partial charge in [-0.1, -0.05) is 72.8 Å². The monoisotopic (exact) mass is 811 g/mol. The molecular formula is C46H49N7O7. The van der Waals surface area contributed by atoms with E-state index in [4.69, 9.17) is 4.74 Å². The Balaban J connectivity index is 0.856. The number of carbonyl (C=O) groups excluding carboxylic acids is 1. The Morgan fingerprint density at radius 2 is 1.65 bits per heavy atom. The van der Waals surface area contributed by atoms with Gasteiger partial charge in [-0.05, 0) is 90.0 Å². The van der Waals surface area contributed by atoms with Crippen molar-refractivity contribution in [2.45, 2.75) is 50.7 Å². The lowest BCUT2D eigenvalue weighted by Crippen LogP contribution is -2.59. The number of nitrogens with zero attached hydrogens (tertiary/aromatic N) is 4. The molecule has 0 spiro atoms. The molecular weight excluding hydrogens is 763 g/mol. The number of rotatable bonds is 15. The summed E-state index contributed by atoms with van der Waals surface area (Å²) in [5, 5.41) is 42.9. The number of carboxylic acid groups (broad SMARTS) is 1. The normalized spacial score (nSPS) is 18.2. The number of aromatic amines is 1. The van der Waals surface area contributed by atoms with Crippen molar-refractivity contribution in [3.63, 3.8) is 0 Å². The van der Waals surface area contributed by atoms with Gasteiger partial charge in [0.05, 0.1) is 29.4 Å². The number of aromatic nitrogens is 3. The summed E-state index contributed by atoms with van der Waals surface area (Å²) in [5.41, 5.74) is 5.11. The summed E-state index contributed by atoms with van der Waals surface area (Å²) in [6.45, 7) is 3.96. The van der Waals surface area contributed by atoms with Gasteiger partial charge in [0, 0.05) is 44.7 Å². The maximum absolute atomic E-state index is 13.2. The van der Waals surface area contributed by atoms with E-state index in [0.29, 0.717) is 41.4 Å². The second-order valence-corrected chi connectivity index (χ2v) is 15.6. The minimum Gasteiger partial charge on any atom is -0.506 e. The highest BCUT2D eigenvalue weighted by molar-refractivity contribution is 5.92. The zero-order chi connectivity index (χ0) is 41.8. The van der Waals surface area contributed by atoms with Gasteiger partial charge in [-0.15, -0.1) is 0 Å². The van der Waals surface area contributed by atoms with Gasteiger partial charge in [0.2, 0.25) is 5.56 Å². The minimum absolute atomic E-state index is 0.0586. The van der Waals surface area contributed by atoms with Crippen LogP contribution < -0.4 is 20.9 Å². The minimum atomic E-state index is -0.934. The van der Waals surface area contributed by atoms with Gasteiger partial charge in [-0.25, -0.2) is 4.79 Å². The average Bonchev–Trinajstić information content (AvgIpc) is 3.65. The standard InChI is InChI=1S/C46H49N7O7/c1-51-34(28-60-35-9-5-8-33(22-35)44(32-6-3-2-4-7-32)53(46(58)59)39-27-52-20-18-31(39)19-21-52)23-38(50-51)45(57)48-25-30-12-10-29(11-13-30)24-47-26-41(55)36-14-16-40(54)43-37(36)15-17-42(56)49-43/h2-17,22-23,31,39,41,44,47,54-55H,18-21,24-28H2,1H3,(H,48,57)(H,49,56)(H,58,59)/t39-,41-,44-/m0/s1. The molecule has 9 rings (SSSR count). The molecule has 0 unspecified atom stereocenters. The molecule has 3 fully saturated rings. The number of nitrogens with one attached hydrogen (secondary N) is 3. The van der Waals surface area contributed by atoms with Crippen molar-refractivity contribution < 1.29 is 29.6 Å². The molecule has 5 heterocycles. The second kappa shape index (κ2) is 17.8. The molecule has 6 N–H and O–H groups in total. The Bertz CT molecular complexity index is 2520. The van der Waals surface area contributed by atoms with Crippen molar-refractivity contribution in [3.05, 3.63) is 159 Å². The van der Waals surface area contributed by atoms with E-state index in [2.05, 4.69) is 25.6 Å². The second-order valence-electron chi connectivity index (χ2n) is 15.6. The fourth-order valence-electron chi connectivity index (χ4n) is 8.59.